The van der Waals surface area contributed by atoms with Crippen molar-refractivity contribution in [2.45, 2.75) is 11.3 Å². The van der Waals surface area contributed by atoms with Crippen molar-refractivity contribution in [2.24, 2.45) is 0 Å². The molecule has 8 nitrogen and oxygen atoms in total. The second-order valence-electron chi connectivity index (χ2n) is 6.13. The van der Waals surface area contributed by atoms with Gasteiger partial charge in [0.25, 0.3) is 0 Å². The lowest BCUT2D eigenvalue weighted by molar-refractivity contribution is -0.121. The van der Waals surface area contributed by atoms with Gasteiger partial charge in [-0.15, -0.1) is 0 Å². The lowest BCUT2D eigenvalue weighted by Crippen LogP contribution is -2.38. The average Bonchev–Trinajstić information content (AvgIpc) is 2.78. The summed E-state index contributed by atoms with van der Waals surface area (Å²) in [5, 5.41) is 2.69. The van der Waals surface area contributed by atoms with Gasteiger partial charge in [-0.2, -0.15) is 0 Å². The van der Waals surface area contributed by atoms with E-state index in [9.17, 15) is 18.0 Å². The number of sulfone groups is 1. The molecule has 3 rings (SSSR count). The Hall–Kier alpha value is -3.07. The Bertz CT molecular complexity index is 1020. The van der Waals surface area contributed by atoms with Gasteiger partial charge < -0.3 is 19.7 Å². The van der Waals surface area contributed by atoms with Crippen LogP contribution in [0.1, 0.15) is 6.42 Å². The smallest absolute Gasteiger partial charge is 0.244 e. The quantitative estimate of drug-likeness (QED) is 0.816. The van der Waals surface area contributed by atoms with Gasteiger partial charge in [0.2, 0.25) is 11.8 Å². The molecule has 148 valence electrons. The van der Waals surface area contributed by atoms with Gasteiger partial charge in [-0.1, -0.05) is 12.1 Å². The first kappa shape index (κ1) is 19.7. The normalized spacial score (nSPS) is 15.4. The molecule has 2 amide bonds. The summed E-state index contributed by atoms with van der Waals surface area (Å²) >= 11 is 0. The van der Waals surface area contributed by atoms with E-state index in [0.717, 1.165) is 0 Å². The van der Waals surface area contributed by atoms with Crippen LogP contribution in [0, 0.1) is 0 Å². The van der Waals surface area contributed by atoms with E-state index in [1.807, 2.05) is 0 Å². The number of amides is 2. The third kappa shape index (κ3) is 3.94. The van der Waals surface area contributed by atoms with E-state index < -0.39 is 21.7 Å². The number of ether oxygens (including phenoxy) is 2. The Labute approximate surface area is 163 Å². The molecule has 0 atom stereocenters. The van der Waals surface area contributed by atoms with Gasteiger partial charge in [-0.05, 0) is 24.3 Å². The average molecular weight is 404 g/mol. The molecule has 0 unspecified atom stereocenters. The minimum atomic E-state index is -3.59. The number of hydrogen-bond donors (Lipinski definition) is 1. The predicted molar refractivity (Wildman–Crippen MR) is 104 cm³/mol. The van der Waals surface area contributed by atoms with Crippen molar-refractivity contribution in [3.05, 3.63) is 42.5 Å². The Morgan fingerprint density at radius 2 is 1.89 bits per heavy atom. The summed E-state index contributed by atoms with van der Waals surface area (Å²) in [5.41, 5.74) is 0.591. The van der Waals surface area contributed by atoms with Gasteiger partial charge in [0.15, 0.2) is 9.84 Å². The maximum atomic E-state index is 12.6. The summed E-state index contributed by atoms with van der Waals surface area (Å²) in [6, 6.07) is 11.1. The Kier molecular flexibility index (Phi) is 5.55. The van der Waals surface area contributed by atoms with E-state index in [0.29, 0.717) is 17.2 Å². The van der Waals surface area contributed by atoms with E-state index in [1.54, 1.807) is 30.3 Å². The number of nitrogens with one attached hydrogen (secondary N) is 1. The van der Waals surface area contributed by atoms with Crippen molar-refractivity contribution in [1.29, 1.82) is 0 Å². The zero-order chi connectivity index (χ0) is 20.3. The van der Waals surface area contributed by atoms with Crippen LogP contribution in [0.25, 0.3) is 0 Å². The van der Waals surface area contributed by atoms with Crippen LogP contribution in [0.4, 0.5) is 11.4 Å². The molecule has 0 aromatic heterocycles. The largest absolute Gasteiger partial charge is 0.497 e. The number of hydrogen-bond acceptors (Lipinski definition) is 6. The predicted octanol–water partition coefficient (Wildman–Crippen LogP) is 1.85. The molecule has 9 heteroatoms. The summed E-state index contributed by atoms with van der Waals surface area (Å²) in [5.74, 6) is -0.252. The molecule has 0 saturated heterocycles. The fourth-order valence-corrected chi connectivity index (χ4v) is 4.41. The van der Waals surface area contributed by atoms with E-state index in [-0.39, 0.29) is 29.3 Å². The SMILES string of the molecule is COc1ccc(OC)c(NC(=O)CN2C(=O)CCS(=O)(=O)c3ccccc32)c1. The number of rotatable bonds is 5. The fraction of sp³-hybridized carbons (Fsp3) is 0.263. The molecule has 0 fully saturated rings. The number of methoxy groups -OCH3 is 2. The molecule has 1 N–H and O–H groups in total. The summed E-state index contributed by atoms with van der Waals surface area (Å²) in [7, 11) is -0.620. The molecule has 2 aromatic rings. The first-order valence-corrected chi connectivity index (χ1v) is 10.1. The molecular weight excluding hydrogens is 384 g/mol. The van der Waals surface area contributed by atoms with E-state index in [2.05, 4.69) is 5.32 Å². The number of fused-ring (bicyclic) bond motifs is 1. The standard InChI is InChI=1S/C19H20N2O6S/c1-26-13-7-8-16(27-2)14(11-13)20-18(22)12-21-15-5-3-4-6-17(15)28(24,25)10-9-19(21)23/h3-8,11H,9-10,12H2,1-2H3,(H,20,22). The molecule has 0 saturated carbocycles. The molecule has 0 aliphatic carbocycles. The highest BCUT2D eigenvalue weighted by Gasteiger charge is 2.31. The van der Waals surface area contributed by atoms with Crippen molar-refractivity contribution in [3.8, 4) is 11.5 Å². The van der Waals surface area contributed by atoms with Crippen LogP contribution in [-0.2, 0) is 19.4 Å². The zero-order valence-electron chi connectivity index (χ0n) is 15.5. The lowest BCUT2D eigenvalue weighted by atomic mass is 10.2. The van der Waals surface area contributed by atoms with Crippen molar-refractivity contribution in [1.82, 2.24) is 0 Å². The maximum absolute atomic E-state index is 12.6. The van der Waals surface area contributed by atoms with Crippen molar-refractivity contribution < 1.29 is 27.5 Å². The minimum absolute atomic E-state index is 0.0487. The van der Waals surface area contributed by atoms with E-state index in [4.69, 9.17) is 9.47 Å². The fourth-order valence-electron chi connectivity index (χ4n) is 2.96. The second kappa shape index (κ2) is 7.89. The number of carbonyl (C=O) groups excluding carboxylic acids is 2. The van der Waals surface area contributed by atoms with Crippen LogP contribution in [0.5, 0.6) is 11.5 Å². The zero-order valence-corrected chi connectivity index (χ0v) is 16.3. The molecule has 28 heavy (non-hydrogen) atoms. The van der Waals surface area contributed by atoms with Crippen molar-refractivity contribution in [3.63, 3.8) is 0 Å². The van der Waals surface area contributed by atoms with Crippen LogP contribution >= 0.6 is 0 Å². The van der Waals surface area contributed by atoms with Crippen LogP contribution < -0.4 is 19.7 Å². The Balaban J connectivity index is 1.88. The highest BCUT2D eigenvalue weighted by molar-refractivity contribution is 7.91. The van der Waals surface area contributed by atoms with Crippen LogP contribution in [-0.4, -0.2) is 46.7 Å². The molecule has 0 radical (unpaired) electrons. The molecular formula is C19H20N2O6S. The highest BCUT2D eigenvalue weighted by Crippen LogP contribution is 2.31. The summed E-state index contributed by atoms with van der Waals surface area (Å²) in [6.07, 6.45) is -0.188. The minimum Gasteiger partial charge on any atom is -0.497 e. The van der Waals surface area contributed by atoms with Crippen LogP contribution in [0.15, 0.2) is 47.4 Å². The van der Waals surface area contributed by atoms with Gasteiger partial charge in [-0.3, -0.25) is 9.59 Å². The summed E-state index contributed by atoms with van der Waals surface area (Å²) in [6.45, 7) is -0.328. The van der Waals surface area contributed by atoms with Gasteiger partial charge in [0.05, 0.1) is 36.2 Å². The maximum Gasteiger partial charge on any atom is 0.244 e. The first-order chi connectivity index (χ1) is 13.4. The van der Waals surface area contributed by atoms with E-state index >= 15 is 0 Å². The Morgan fingerprint density at radius 3 is 2.61 bits per heavy atom. The topological polar surface area (TPSA) is 102 Å². The van der Waals surface area contributed by atoms with Crippen molar-refractivity contribution >= 4 is 33.0 Å². The van der Waals surface area contributed by atoms with Gasteiger partial charge in [-0.25, -0.2) is 8.42 Å². The highest BCUT2D eigenvalue weighted by atomic mass is 32.2. The monoisotopic (exact) mass is 404 g/mol. The van der Waals surface area contributed by atoms with E-state index in [1.165, 1.54) is 31.3 Å². The molecule has 1 heterocycles. The summed E-state index contributed by atoms with van der Waals surface area (Å²) in [4.78, 5) is 26.4. The van der Waals surface area contributed by atoms with Crippen LogP contribution in [0.2, 0.25) is 0 Å². The molecule has 1 aliphatic rings. The van der Waals surface area contributed by atoms with Gasteiger partial charge >= 0.3 is 0 Å². The molecule has 1 aliphatic heterocycles. The number of anilines is 2. The lowest BCUT2D eigenvalue weighted by Gasteiger charge is -2.22. The number of para-hydroxylation sites is 1. The number of carbonyl (C=O) groups is 2. The number of nitrogens with zero attached hydrogens (tertiary/aromatic N) is 1. The third-order valence-corrected chi connectivity index (χ3v) is 6.12. The first-order valence-electron chi connectivity index (χ1n) is 8.50. The van der Waals surface area contributed by atoms with Crippen molar-refractivity contribution in [2.75, 3.05) is 36.7 Å². The molecule has 0 bridgehead atoms. The molecule has 0 spiro atoms. The Morgan fingerprint density at radius 1 is 1.14 bits per heavy atom. The molecule has 2 aromatic carbocycles. The summed E-state index contributed by atoms with van der Waals surface area (Å²) < 4.78 is 35.2. The van der Waals surface area contributed by atoms with Gasteiger partial charge in [0.1, 0.15) is 18.0 Å². The van der Waals surface area contributed by atoms with Crippen LogP contribution in [0.3, 0.4) is 0 Å². The third-order valence-electron chi connectivity index (χ3n) is 4.36. The number of benzene rings is 2. The van der Waals surface area contributed by atoms with Gasteiger partial charge in [0, 0.05) is 12.5 Å². The second-order valence-corrected chi connectivity index (χ2v) is 8.21.